The molecule has 1 amide bonds. The van der Waals surface area contributed by atoms with E-state index in [4.69, 9.17) is 19.6 Å². The van der Waals surface area contributed by atoms with Crippen LogP contribution in [0, 0.1) is 5.92 Å². The first-order valence-electron chi connectivity index (χ1n) is 12.3. The number of rotatable bonds is 6. The molecule has 5 heterocycles. The fourth-order valence-corrected chi connectivity index (χ4v) is 5.91. The van der Waals surface area contributed by atoms with Crippen LogP contribution in [0.2, 0.25) is 0 Å². The normalized spacial score (nSPS) is 20.9. The number of hydrogen-bond acceptors (Lipinski definition) is 8. The van der Waals surface area contributed by atoms with Gasteiger partial charge in [-0.3, -0.25) is 19.3 Å². The lowest BCUT2D eigenvalue weighted by atomic mass is 9.83. The SMILES string of the molecule is NC(=O)C[C@H](c1ccc2c(c1)OCO2)c1oc(CN2C[C@H]3C[C@@H](C2)c2cccc(=O)n2C3)cc(=O)c1O. The number of aromatic nitrogens is 1. The number of carbonyl (C=O) groups excluding carboxylic acids is 1. The van der Waals surface area contributed by atoms with Crippen molar-refractivity contribution in [3.63, 3.8) is 0 Å². The van der Waals surface area contributed by atoms with Gasteiger partial charge in [0.1, 0.15) is 5.76 Å². The van der Waals surface area contributed by atoms with Gasteiger partial charge in [0, 0.05) is 49.8 Å². The van der Waals surface area contributed by atoms with Gasteiger partial charge in [0.15, 0.2) is 17.3 Å². The van der Waals surface area contributed by atoms with Crippen LogP contribution in [0.3, 0.4) is 0 Å². The standard InChI is InChI=1S/C27H27N3O7/c28-24(32)9-19(16-4-5-22-23(7-16)36-14-35-22)27-26(34)21(31)8-18(37-27)13-29-10-15-6-17(12-29)20-2-1-3-25(33)30(20)11-15/h1-5,7-8,15,17,19,34H,6,9-14H2,(H2,28,32)/t15-,17+,19-/m1/s1. The molecule has 0 aliphatic carbocycles. The average Bonchev–Trinajstić information content (AvgIpc) is 3.33. The molecule has 2 aromatic heterocycles. The van der Waals surface area contributed by atoms with Crippen molar-refractivity contribution in [2.75, 3.05) is 19.9 Å². The molecule has 3 aliphatic rings. The van der Waals surface area contributed by atoms with Crippen LogP contribution in [0.4, 0.5) is 0 Å². The predicted octanol–water partition coefficient (Wildman–Crippen LogP) is 1.86. The molecular weight excluding hydrogens is 478 g/mol. The first-order chi connectivity index (χ1) is 17.9. The van der Waals surface area contributed by atoms with Gasteiger partial charge in [0.2, 0.25) is 23.9 Å². The van der Waals surface area contributed by atoms with Gasteiger partial charge in [-0.05, 0) is 36.1 Å². The number of benzene rings is 1. The molecule has 3 atom stereocenters. The van der Waals surface area contributed by atoms with Gasteiger partial charge in [-0.25, -0.2) is 0 Å². The Kier molecular flexibility index (Phi) is 5.75. The Morgan fingerprint density at radius 2 is 1.92 bits per heavy atom. The molecule has 1 aromatic carbocycles. The summed E-state index contributed by atoms with van der Waals surface area (Å²) in [6.07, 6.45) is 0.842. The molecule has 0 spiro atoms. The number of amides is 1. The van der Waals surface area contributed by atoms with Crippen LogP contribution < -0.4 is 26.2 Å². The number of fused-ring (bicyclic) bond motifs is 5. The molecule has 2 bridgehead atoms. The molecule has 1 fully saturated rings. The summed E-state index contributed by atoms with van der Waals surface area (Å²) in [4.78, 5) is 39.3. The Labute approximate surface area is 211 Å². The van der Waals surface area contributed by atoms with Gasteiger partial charge >= 0.3 is 0 Å². The van der Waals surface area contributed by atoms with Crippen molar-refractivity contribution in [2.45, 2.75) is 37.8 Å². The van der Waals surface area contributed by atoms with E-state index in [0.29, 0.717) is 48.4 Å². The third-order valence-electron chi connectivity index (χ3n) is 7.46. The third kappa shape index (κ3) is 4.37. The zero-order valence-electron chi connectivity index (χ0n) is 20.1. The number of primary amides is 1. The van der Waals surface area contributed by atoms with Crippen LogP contribution in [0.25, 0.3) is 0 Å². The molecule has 3 N–H and O–H groups in total. The van der Waals surface area contributed by atoms with E-state index in [1.54, 1.807) is 30.3 Å². The Balaban J connectivity index is 1.31. The molecule has 0 saturated carbocycles. The van der Waals surface area contributed by atoms with E-state index in [-0.39, 0.29) is 30.5 Å². The highest BCUT2D eigenvalue weighted by Gasteiger charge is 2.35. The molecule has 0 radical (unpaired) electrons. The van der Waals surface area contributed by atoms with E-state index in [0.717, 1.165) is 18.7 Å². The van der Waals surface area contributed by atoms with Crippen molar-refractivity contribution in [1.29, 1.82) is 0 Å². The number of carbonyl (C=O) groups is 1. The minimum atomic E-state index is -0.779. The number of nitrogens with zero attached hydrogens (tertiary/aromatic N) is 2. The highest BCUT2D eigenvalue weighted by atomic mass is 16.7. The maximum atomic E-state index is 12.8. The summed E-state index contributed by atoms with van der Waals surface area (Å²) in [5, 5.41) is 10.7. The number of aromatic hydroxyl groups is 1. The maximum absolute atomic E-state index is 12.8. The first kappa shape index (κ1) is 23.4. The molecular formula is C27H27N3O7. The summed E-state index contributed by atoms with van der Waals surface area (Å²) in [6.45, 7) is 2.58. The van der Waals surface area contributed by atoms with Gasteiger partial charge < -0.3 is 29.3 Å². The van der Waals surface area contributed by atoms with Crippen LogP contribution in [0.5, 0.6) is 17.2 Å². The molecule has 3 aromatic rings. The van der Waals surface area contributed by atoms with Crippen molar-refractivity contribution >= 4 is 5.91 Å². The van der Waals surface area contributed by atoms with E-state index in [2.05, 4.69) is 4.90 Å². The van der Waals surface area contributed by atoms with E-state index in [1.807, 2.05) is 10.6 Å². The summed E-state index contributed by atoms with van der Waals surface area (Å²) in [6, 6.07) is 11.8. The van der Waals surface area contributed by atoms with Crippen molar-refractivity contribution < 1.29 is 23.8 Å². The highest BCUT2D eigenvalue weighted by Crippen LogP contribution is 2.40. The number of pyridine rings is 1. The van der Waals surface area contributed by atoms with Crippen LogP contribution in [0.1, 0.15) is 47.5 Å². The summed E-state index contributed by atoms with van der Waals surface area (Å²) >= 11 is 0. The summed E-state index contributed by atoms with van der Waals surface area (Å²) in [7, 11) is 0. The second kappa shape index (κ2) is 9.11. The second-order valence-corrected chi connectivity index (χ2v) is 10.0. The smallest absolute Gasteiger partial charge is 0.250 e. The summed E-state index contributed by atoms with van der Waals surface area (Å²) in [5.41, 5.74) is 6.61. The first-order valence-corrected chi connectivity index (χ1v) is 12.3. The molecule has 3 aliphatic heterocycles. The van der Waals surface area contributed by atoms with Gasteiger partial charge in [-0.1, -0.05) is 12.1 Å². The van der Waals surface area contributed by atoms with Crippen LogP contribution in [-0.4, -0.2) is 40.4 Å². The Hall–Kier alpha value is -4.05. The Morgan fingerprint density at radius 1 is 1.08 bits per heavy atom. The Bertz CT molecular complexity index is 1490. The number of hydrogen-bond donors (Lipinski definition) is 2. The van der Waals surface area contributed by atoms with Crippen LogP contribution >= 0.6 is 0 Å². The van der Waals surface area contributed by atoms with E-state index >= 15 is 0 Å². The number of nitrogens with two attached hydrogens (primary N) is 1. The fraction of sp³-hybridized carbons (Fsp3) is 0.370. The Morgan fingerprint density at radius 3 is 2.76 bits per heavy atom. The van der Waals surface area contributed by atoms with E-state index < -0.39 is 23.0 Å². The fourth-order valence-electron chi connectivity index (χ4n) is 5.91. The minimum Gasteiger partial charge on any atom is -0.502 e. The maximum Gasteiger partial charge on any atom is 0.250 e. The molecule has 192 valence electrons. The van der Waals surface area contributed by atoms with Crippen molar-refractivity contribution in [2.24, 2.45) is 11.7 Å². The zero-order chi connectivity index (χ0) is 25.7. The highest BCUT2D eigenvalue weighted by molar-refractivity contribution is 5.75. The van der Waals surface area contributed by atoms with Crippen molar-refractivity contribution in [3.8, 4) is 17.2 Å². The van der Waals surface area contributed by atoms with Gasteiger partial charge in [-0.2, -0.15) is 0 Å². The number of piperidine rings is 1. The molecule has 1 saturated heterocycles. The molecule has 10 heteroatoms. The van der Waals surface area contributed by atoms with Gasteiger partial charge in [0.25, 0.3) is 5.56 Å². The van der Waals surface area contributed by atoms with Crippen LogP contribution in [0.15, 0.2) is 56.5 Å². The van der Waals surface area contributed by atoms with E-state index in [1.165, 1.54) is 6.07 Å². The monoisotopic (exact) mass is 505 g/mol. The van der Waals surface area contributed by atoms with E-state index in [9.17, 15) is 19.5 Å². The van der Waals surface area contributed by atoms with Crippen LogP contribution in [-0.2, 0) is 17.9 Å². The number of ether oxygens (including phenoxy) is 2. The van der Waals surface area contributed by atoms with Crippen molar-refractivity contribution in [1.82, 2.24) is 9.47 Å². The quantitative estimate of drug-likeness (QED) is 0.518. The molecule has 0 unspecified atom stereocenters. The van der Waals surface area contributed by atoms with Crippen molar-refractivity contribution in [3.05, 3.63) is 85.8 Å². The predicted molar refractivity (Wildman–Crippen MR) is 132 cm³/mol. The average molecular weight is 506 g/mol. The molecule has 10 nitrogen and oxygen atoms in total. The lowest BCUT2D eigenvalue weighted by molar-refractivity contribution is -0.118. The largest absolute Gasteiger partial charge is 0.502 e. The lowest BCUT2D eigenvalue weighted by Crippen LogP contribution is -2.46. The molecule has 6 rings (SSSR count). The van der Waals surface area contributed by atoms with Gasteiger partial charge in [-0.15, -0.1) is 0 Å². The summed E-state index contributed by atoms with van der Waals surface area (Å²) in [5.74, 6) is 0.0488. The molecule has 37 heavy (non-hydrogen) atoms. The number of likely N-dealkylation sites (tertiary alicyclic amines) is 1. The lowest BCUT2D eigenvalue weighted by Gasteiger charge is -2.42. The zero-order valence-corrected chi connectivity index (χ0v) is 20.1. The summed E-state index contributed by atoms with van der Waals surface area (Å²) < 4.78 is 18.8. The minimum absolute atomic E-state index is 0.00531. The second-order valence-electron chi connectivity index (χ2n) is 10.0. The third-order valence-corrected chi connectivity index (χ3v) is 7.46. The van der Waals surface area contributed by atoms with Gasteiger partial charge in [0.05, 0.1) is 12.5 Å². The topological polar surface area (TPSA) is 137 Å².